The monoisotopic (exact) mass is 311 g/mol. The first-order valence-electron chi connectivity index (χ1n) is 6.64. The minimum Gasteiger partial charge on any atom is -0.393 e. The number of urea groups is 1. The van der Waals surface area contributed by atoms with Gasteiger partial charge in [0.1, 0.15) is 4.83 Å². The van der Waals surface area contributed by atoms with Crippen molar-refractivity contribution >= 4 is 43.4 Å². The summed E-state index contributed by atoms with van der Waals surface area (Å²) in [5.74, 6) is 0.184. The summed E-state index contributed by atoms with van der Waals surface area (Å²) in [4.78, 5) is 20.5. The molecule has 0 saturated carbocycles. The van der Waals surface area contributed by atoms with Gasteiger partial charge >= 0.3 is 6.03 Å². The summed E-state index contributed by atoms with van der Waals surface area (Å²) >= 11 is 3.14. The molecule has 2 aromatic heterocycles. The van der Waals surface area contributed by atoms with E-state index in [4.69, 9.17) is 0 Å². The molecule has 3 rings (SSSR count). The van der Waals surface area contributed by atoms with Crippen molar-refractivity contribution < 1.29 is 9.90 Å². The zero-order valence-corrected chi connectivity index (χ0v) is 13.1. The van der Waals surface area contributed by atoms with Gasteiger partial charge in [-0.05, 0) is 26.3 Å². The average molecular weight is 311 g/mol. The zero-order valence-electron chi connectivity index (χ0n) is 11.4. The summed E-state index contributed by atoms with van der Waals surface area (Å²) in [6, 6.07) is 1.97. The lowest BCUT2D eigenvalue weighted by Crippen LogP contribution is -2.34. The van der Waals surface area contributed by atoms with Crippen LogP contribution in [0.4, 0.5) is 9.93 Å². The van der Waals surface area contributed by atoms with E-state index in [1.54, 1.807) is 23.2 Å². The van der Waals surface area contributed by atoms with Crippen LogP contribution in [0.2, 0.25) is 0 Å². The van der Waals surface area contributed by atoms with E-state index in [1.165, 1.54) is 16.2 Å². The van der Waals surface area contributed by atoms with Gasteiger partial charge in [0.15, 0.2) is 5.13 Å². The highest BCUT2D eigenvalue weighted by Crippen LogP contribution is 2.32. The number of aliphatic hydroxyl groups excluding tert-OH is 1. The molecule has 0 aliphatic carbocycles. The number of amides is 2. The van der Waals surface area contributed by atoms with E-state index in [2.05, 4.69) is 23.3 Å². The molecular formula is C13H17N3O2S2. The van der Waals surface area contributed by atoms with Gasteiger partial charge in [0.2, 0.25) is 0 Å². The number of anilines is 1. The summed E-state index contributed by atoms with van der Waals surface area (Å²) in [6.45, 7) is 5.14. The lowest BCUT2D eigenvalue weighted by atomic mass is 10.0. The van der Waals surface area contributed by atoms with Crippen molar-refractivity contribution in [2.75, 3.05) is 18.4 Å². The maximum absolute atomic E-state index is 12.2. The molecular weight excluding hydrogens is 294 g/mol. The van der Waals surface area contributed by atoms with Gasteiger partial charge in [-0.15, -0.1) is 11.3 Å². The van der Waals surface area contributed by atoms with Gasteiger partial charge in [-0.1, -0.05) is 11.3 Å². The third-order valence-corrected chi connectivity index (χ3v) is 5.61. The summed E-state index contributed by atoms with van der Waals surface area (Å²) in [7, 11) is 0. The Kier molecular flexibility index (Phi) is 3.66. The maximum Gasteiger partial charge on any atom is 0.323 e. The molecule has 5 nitrogen and oxygen atoms in total. The number of aryl methyl sites for hydroxylation is 1. The second-order valence-electron chi connectivity index (χ2n) is 5.21. The number of thiazole rings is 1. The highest BCUT2D eigenvalue weighted by Gasteiger charge is 2.29. The summed E-state index contributed by atoms with van der Waals surface area (Å²) in [5, 5.41) is 13.1. The van der Waals surface area contributed by atoms with Crippen LogP contribution in [0, 0.1) is 12.8 Å². The number of carbonyl (C=O) groups is 1. The maximum atomic E-state index is 12.2. The first-order chi connectivity index (χ1) is 9.52. The van der Waals surface area contributed by atoms with Gasteiger partial charge in [-0.3, -0.25) is 5.32 Å². The first kappa shape index (κ1) is 13.8. The second kappa shape index (κ2) is 5.31. The van der Waals surface area contributed by atoms with Gasteiger partial charge in [-0.25, -0.2) is 9.78 Å². The Morgan fingerprint density at radius 3 is 3.05 bits per heavy atom. The standard InChI is InChI=1S/C13H17N3O2S2/c1-7-5-10-11(19-7)14-12(20-10)15-13(18)16-4-3-9(6-16)8(2)17/h5,8-9,17H,3-4,6H2,1-2H3,(H,14,15,18). The number of hydrogen-bond acceptors (Lipinski definition) is 5. The van der Waals surface area contributed by atoms with E-state index in [0.717, 1.165) is 16.0 Å². The van der Waals surface area contributed by atoms with Crippen LogP contribution in [0.1, 0.15) is 18.2 Å². The topological polar surface area (TPSA) is 65.5 Å². The van der Waals surface area contributed by atoms with E-state index in [9.17, 15) is 9.90 Å². The average Bonchev–Trinajstić information content (AvgIpc) is 3.02. The van der Waals surface area contributed by atoms with Crippen molar-refractivity contribution in [1.82, 2.24) is 9.88 Å². The van der Waals surface area contributed by atoms with Gasteiger partial charge < -0.3 is 10.0 Å². The van der Waals surface area contributed by atoms with Crippen molar-refractivity contribution in [1.29, 1.82) is 0 Å². The minimum atomic E-state index is -0.360. The van der Waals surface area contributed by atoms with Crippen LogP contribution in [-0.2, 0) is 0 Å². The Balaban J connectivity index is 1.65. The quantitative estimate of drug-likeness (QED) is 0.896. The Morgan fingerprint density at radius 2 is 2.40 bits per heavy atom. The molecule has 7 heteroatoms. The van der Waals surface area contributed by atoms with Gasteiger partial charge in [-0.2, -0.15) is 0 Å². The third-order valence-electron chi connectivity index (χ3n) is 3.62. The molecule has 20 heavy (non-hydrogen) atoms. The number of nitrogens with zero attached hydrogens (tertiary/aromatic N) is 2. The molecule has 0 aromatic carbocycles. The molecule has 1 aliphatic heterocycles. The van der Waals surface area contributed by atoms with Crippen LogP contribution < -0.4 is 5.32 Å². The third kappa shape index (κ3) is 2.65. The predicted octanol–water partition coefficient (Wildman–Crippen LogP) is 2.90. The molecule has 2 aromatic rings. The van der Waals surface area contributed by atoms with Crippen LogP contribution in [0.25, 0.3) is 9.53 Å². The molecule has 2 N–H and O–H groups in total. The molecule has 3 heterocycles. The number of likely N-dealkylation sites (tertiary alicyclic amines) is 1. The van der Waals surface area contributed by atoms with Crippen molar-refractivity contribution in [3.05, 3.63) is 10.9 Å². The van der Waals surface area contributed by atoms with Crippen molar-refractivity contribution in [3.63, 3.8) is 0 Å². The smallest absolute Gasteiger partial charge is 0.323 e. The molecule has 2 unspecified atom stereocenters. The molecule has 108 valence electrons. The Labute approximate surface area is 125 Å². The number of thiophene rings is 1. The van der Waals surface area contributed by atoms with Crippen LogP contribution in [0.5, 0.6) is 0 Å². The highest BCUT2D eigenvalue weighted by atomic mass is 32.1. The van der Waals surface area contributed by atoms with Gasteiger partial charge in [0.05, 0.1) is 10.8 Å². The molecule has 0 spiro atoms. The molecule has 1 saturated heterocycles. The van der Waals surface area contributed by atoms with Crippen LogP contribution in [0.3, 0.4) is 0 Å². The van der Waals surface area contributed by atoms with Crippen molar-refractivity contribution in [3.8, 4) is 0 Å². The van der Waals surface area contributed by atoms with E-state index in [-0.39, 0.29) is 18.1 Å². The van der Waals surface area contributed by atoms with E-state index < -0.39 is 0 Å². The lowest BCUT2D eigenvalue weighted by molar-refractivity contribution is 0.130. The highest BCUT2D eigenvalue weighted by molar-refractivity contribution is 7.29. The zero-order chi connectivity index (χ0) is 14.3. The number of fused-ring (bicyclic) bond motifs is 1. The molecule has 1 aliphatic rings. The molecule has 1 fully saturated rings. The fraction of sp³-hybridized carbons (Fsp3) is 0.538. The Morgan fingerprint density at radius 1 is 1.60 bits per heavy atom. The summed E-state index contributed by atoms with van der Waals surface area (Å²) < 4.78 is 1.12. The number of nitrogens with one attached hydrogen (secondary N) is 1. The SMILES string of the molecule is Cc1cc2sc(NC(=O)N3CCC(C(C)O)C3)nc2s1. The minimum absolute atomic E-state index is 0.119. The number of aromatic nitrogens is 1. The largest absolute Gasteiger partial charge is 0.393 e. The van der Waals surface area contributed by atoms with Crippen LogP contribution >= 0.6 is 22.7 Å². The number of rotatable bonds is 2. The van der Waals surface area contributed by atoms with Gasteiger partial charge in [0, 0.05) is 23.9 Å². The Bertz CT molecular complexity index is 603. The molecule has 0 bridgehead atoms. The Hall–Kier alpha value is -1.18. The number of hydrogen-bond donors (Lipinski definition) is 2. The number of aliphatic hydroxyl groups is 1. The molecule has 0 radical (unpaired) electrons. The van der Waals surface area contributed by atoms with Crippen molar-refractivity contribution in [2.45, 2.75) is 26.4 Å². The fourth-order valence-electron chi connectivity index (χ4n) is 2.44. The van der Waals surface area contributed by atoms with E-state index in [0.29, 0.717) is 18.2 Å². The van der Waals surface area contributed by atoms with Gasteiger partial charge in [0.25, 0.3) is 0 Å². The fourth-order valence-corrected chi connectivity index (χ4v) is 4.45. The normalized spacial score (nSPS) is 20.6. The molecule has 2 atom stereocenters. The first-order valence-corrected chi connectivity index (χ1v) is 8.27. The summed E-state index contributed by atoms with van der Waals surface area (Å²) in [5.41, 5.74) is 0. The molecule has 2 amide bonds. The summed E-state index contributed by atoms with van der Waals surface area (Å²) in [6.07, 6.45) is 0.498. The predicted molar refractivity (Wildman–Crippen MR) is 82.6 cm³/mol. The van der Waals surface area contributed by atoms with E-state index >= 15 is 0 Å². The van der Waals surface area contributed by atoms with E-state index in [1.807, 2.05) is 0 Å². The van der Waals surface area contributed by atoms with Crippen LogP contribution in [0.15, 0.2) is 6.07 Å². The van der Waals surface area contributed by atoms with Crippen LogP contribution in [-0.4, -0.2) is 40.2 Å². The lowest BCUT2D eigenvalue weighted by Gasteiger charge is -2.17. The second-order valence-corrected chi connectivity index (χ2v) is 7.48. The van der Waals surface area contributed by atoms with Crippen molar-refractivity contribution in [2.24, 2.45) is 5.92 Å². The number of carbonyl (C=O) groups excluding carboxylic acids is 1.